The fourth-order valence-electron chi connectivity index (χ4n) is 2.26. The van der Waals surface area contributed by atoms with Crippen molar-refractivity contribution in [3.8, 4) is 0 Å². The number of aliphatic hydroxyl groups is 1. The van der Waals surface area contributed by atoms with E-state index in [1.807, 2.05) is 0 Å². The third kappa shape index (κ3) is 2.04. The standard InChI is InChI=1S/C11H12F3NO/c12-11(13,14)9-4-5-15-6-8(9)7-2-1-3-10(7)16/h4-7,10,16H,1-3H2. The topological polar surface area (TPSA) is 33.1 Å². The third-order valence-electron chi connectivity index (χ3n) is 3.04. The summed E-state index contributed by atoms with van der Waals surface area (Å²) < 4.78 is 38.2. The number of nitrogens with zero attached hydrogens (tertiary/aromatic N) is 1. The van der Waals surface area contributed by atoms with Crippen LogP contribution in [-0.4, -0.2) is 16.2 Å². The van der Waals surface area contributed by atoms with Crippen molar-refractivity contribution in [3.63, 3.8) is 0 Å². The van der Waals surface area contributed by atoms with Crippen molar-refractivity contribution in [3.05, 3.63) is 29.6 Å². The summed E-state index contributed by atoms with van der Waals surface area (Å²) in [5, 5.41) is 9.64. The maximum absolute atomic E-state index is 12.7. The summed E-state index contributed by atoms with van der Waals surface area (Å²) in [5.41, 5.74) is -0.548. The largest absolute Gasteiger partial charge is 0.416 e. The first-order valence-electron chi connectivity index (χ1n) is 5.19. The molecule has 2 unspecified atom stereocenters. The Bertz CT molecular complexity index is 378. The first kappa shape index (κ1) is 11.4. The molecule has 2 rings (SSSR count). The van der Waals surface area contributed by atoms with Crippen molar-refractivity contribution in [2.24, 2.45) is 0 Å². The van der Waals surface area contributed by atoms with Crippen LogP contribution in [0.4, 0.5) is 13.2 Å². The van der Waals surface area contributed by atoms with Crippen molar-refractivity contribution in [1.29, 1.82) is 0 Å². The lowest BCUT2D eigenvalue weighted by molar-refractivity contribution is -0.138. The second kappa shape index (κ2) is 4.05. The zero-order chi connectivity index (χ0) is 11.8. The molecule has 1 saturated carbocycles. The molecule has 88 valence electrons. The number of aromatic nitrogens is 1. The molecule has 0 bridgehead atoms. The van der Waals surface area contributed by atoms with Gasteiger partial charge in [0.05, 0.1) is 11.7 Å². The fraction of sp³-hybridized carbons (Fsp3) is 0.545. The molecule has 5 heteroatoms. The zero-order valence-corrected chi connectivity index (χ0v) is 8.54. The van der Waals surface area contributed by atoms with E-state index in [4.69, 9.17) is 0 Å². The van der Waals surface area contributed by atoms with Gasteiger partial charge in [-0.25, -0.2) is 0 Å². The van der Waals surface area contributed by atoms with Crippen molar-refractivity contribution in [1.82, 2.24) is 4.98 Å². The number of hydrogen-bond acceptors (Lipinski definition) is 2. The number of halogens is 3. The minimum absolute atomic E-state index is 0.125. The Hall–Kier alpha value is -1.10. The van der Waals surface area contributed by atoms with E-state index in [1.165, 1.54) is 6.20 Å². The second-order valence-corrected chi connectivity index (χ2v) is 4.07. The van der Waals surface area contributed by atoms with Gasteiger partial charge >= 0.3 is 6.18 Å². The van der Waals surface area contributed by atoms with Gasteiger partial charge in [0.2, 0.25) is 0 Å². The van der Waals surface area contributed by atoms with Crippen molar-refractivity contribution in [2.45, 2.75) is 37.5 Å². The molecule has 0 saturated heterocycles. The van der Waals surface area contributed by atoms with E-state index < -0.39 is 23.8 Å². The van der Waals surface area contributed by atoms with Gasteiger partial charge in [-0.1, -0.05) is 6.42 Å². The number of rotatable bonds is 1. The first-order valence-corrected chi connectivity index (χ1v) is 5.19. The fourth-order valence-corrected chi connectivity index (χ4v) is 2.26. The predicted molar refractivity (Wildman–Crippen MR) is 51.8 cm³/mol. The van der Waals surface area contributed by atoms with E-state index in [9.17, 15) is 18.3 Å². The van der Waals surface area contributed by atoms with Crippen LogP contribution in [0.1, 0.15) is 36.3 Å². The molecule has 0 aromatic carbocycles. The number of alkyl halides is 3. The highest BCUT2D eigenvalue weighted by molar-refractivity contribution is 5.31. The molecular weight excluding hydrogens is 219 g/mol. The average Bonchev–Trinajstić information content (AvgIpc) is 2.63. The lowest BCUT2D eigenvalue weighted by Gasteiger charge is -2.19. The molecule has 2 nitrogen and oxygen atoms in total. The Morgan fingerprint density at radius 3 is 2.62 bits per heavy atom. The maximum Gasteiger partial charge on any atom is 0.416 e. The van der Waals surface area contributed by atoms with Crippen molar-refractivity contribution in [2.75, 3.05) is 0 Å². The molecular formula is C11H12F3NO. The number of hydrogen-bond donors (Lipinski definition) is 1. The highest BCUT2D eigenvalue weighted by atomic mass is 19.4. The first-order chi connectivity index (χ1) is 7.50. The van der Waals surface area contributed by atoms with Crippen molar-refractivity contribution < 1.29 is 18.3 Å². The Morgan fingerprint density at radius 2 is 2.06 bits per heavy atom. The van der Waals surface area contributed by atoms with E-state index in [2.05, 4.69) is 4.98 Å². The molecule has 1 aliphatic rings. The minimum atomic E-state index is -4.37. The van der Waals surface area contributed by atoms with Gasteiger partial charge in [-0.2, -0.15) is 13.2 Å². The number of aliphatic hydroxyl groups excluding tert-OH is 1. The van der Waals surface area contributed by atoms with E-state index in [1.54, 1.807) is 0 Å². The van der Waals surface area contributed by atoms with E-state index in [0.29, 0.717) is 12.8 Å². The van der Waals surface area contributed by atoms with Gasteiger partial charge in [0.25, 0.3) is 0 Å². The normalized spacial score (nSPS) is 26.0. The summed E-state index contributed by atoms with van der Waals surface area (Å²) >= 11 is 0. The quantitative estimate of drug-likeness (QED) is 0.806. The van der Waals surface area contributed by atoms with E-state index in [0.717, 1.165) is 18.7 Å². The van der Waals surface area contributed by atoms with E-state index >= 15 is 0 Å². The third-order valence-corrected chi connectivity index (χ3v) is 3.04. The summed E-state index contributed by atoms with van der Waals surface area (Å²) in [6.45, 7) is 0. The Morgan fingerprint density at radius 1 is 1.31 bits per heavy atom. The molecule has 0 radical (unpaired) electrons. The predicted octanol–water partition coefficient (Wildman–Crippen LogP) is 2.73. The molecule has 1 heterocycles. The molecule has 1 fully saturated rings. The van der Waals surface area contributed by atoms with Crippen LogP contribution in [0.15, 0.2) is 18.5 Å². The van der Waals surface area contributed by atoms with Crippen LogP contribution >= 0.6 is 0 Å². The van der Waals surface area contributed by atoms with E-state index in [-0.39, 0.29) is 5.56 Å². The van der Waals surface area contributed by atoms with Crippen LogP contribution in [0.2, 0.25) is 0 Å². The summed E-state index contributed by atoms with van der Waals surface area (Å²) in [6.07, 6.45) is -0.772. The SMILES string of the molecule is OC1CCCC1c1cnccc1C(F)(F)F. The Balaban J connectivity index is 2.40. The van der Waals surface area contributed by atoms with Crippen LogP contribution in [-0.2, 0) is 6.18 Å². The van der Waals surface area contributed by atoms with Crippen LogP contribution in [0.5, 0.6) is 0 Å². The highest BCUT2D eigenvalue weighted by Gasteiger charge is 2.38. The second-order valence-electron chi connectivity index (χ2n) is 4.07. The molecule has 2 atom stereocenters. The summed E-state index contributed by atoms with van der Waals surface area (Å²) in [7, 11) is 0. The van der Waals surface area contributed by atoms with Crippen LogP contribution in [0, 0.1) is 0 Å². The van der Waals surface area contributed by atoms with Gasteiger partial charge in [-0.3, -0.25) is 4.98 Å². The van der Waals surface area contributed by atoms with Gasteiger partial charge in [0.15, 0.2) is 0 Å². The highest BCUT2D eigenvalue weighted by Crippen LogP contribution is 2.41. The average molecular weight is 231 g/mol. The van der Waals surface area contributed by atoms with Gasteiger partial charge in [-0.05, 0) is 24.5 Å². The van der Waals surface area contributed by atoms with Gasteiger partial charge in [0, 0.05) is 18.3 Å². The summed E-state index contributed by atoms with van der Waals surface area (Å²) in [5.74, 6) is -0.426. The molecule has 0 aliphatic heterocycles. The van der Waals surface area contributed by atoms with Crippen LogP contribution in [0.3, 0.4) is 0 Å². The van der Waals surface area contributed by atoms with Crippen molar-refractivity contribution >= 4 is 0 Å². The van der Waals surface area contributed by atoms with Gasteiger partial charge in [0.1, 0.15) is 0 Å². The minimum Gasteiger partial charge on any atom is -0.392 e. The lowest BCUT2D eigenvalue weighted by atomic mass is 9.93. The molecule has 1 N–H and O–H groups in total. The maximum atomic E-state index is 12.7. The number of pyridine rings is 1. The Labute approximate surface area is 91.1 Å². The van der Waals surface area contributed by atoms with Crippen LogP contribution in [0.25, 0.3) is 0 Å². The molecule has 1 aromatic heterocycles. The van der Waals surface area contributed by atoms with Gasteiger partial charge in [-0.15, -0.1) is 0 Å². The molecule has 1 aromatic rings. The monoisotopic (exact) mass is 231 g/mol. The zero-order valence-electron chi connectivity index (χ0n) is 8.54. The smallest absolute Gasteiger partial charge is 0.392 e. The molecule has 1 aliphatic carbocycles. The molecule has 16 heavy (non-hydrogen) atoms. The molecule has 0 amide bonds. The van der Waals surface area contributed by atoms with Crippen LogP contribution < -0.4 is 0 Å². The molecule has 0 spiro atoms. The Kier molecular flexibility index (Phi) is 2.88. The summed E-state index contributed by atoms with van der Waals surface area (Å²) in [6, 6.07) is 0.973. The van der Waals surface area contributed by atoms with Gasteiger partial charge < -0.3 is 5.11 Å². The lowest BCUT2D eigenvalue weighted by Crippen LogP contribution is -2.17. The summed E-state index contributed by atoms with van der Waals surface area (Å²) in [4.78, 5) is 3.73.